The van der Waals surface area contributed by atoms with Gasteiger partial charge in [-0.25, -0.2) is 0 Å². The largest absolute Gasteiger partial charge is 0.381 e. The van der Waals surface area contributed by atoms with E-state index in [1.807, 2.05) is 13.2 Å². The van der Waals surface area contributed by atoms with Gasteiger partial charge in [-0.05, 0) is 42.5 Å². The lowest BCUT2D eigenvalue weighted by Crippen LogP contribution is -2.02. The summed E-state index contributed by atoms with van der Waals surface area (Å²) in [5, 5.41) is 14.2. The minimum absolute atomic E-state index is 0.0657. The Hall–Kier alpha value is -1.72. The molecular weight excluding hydrogens is 308 g/mol. The number of hydrogen-bond donors (Lipinski definition) is 1. The maximum atomic E-state index is 10.8. The fourth-order valence-corrected chi connectivity index (χ4v) is 2.58. The topological polar surface area (TPSA) is 55.2 Å². The molecule has 0 aromatic heterocycles. The number of thioether (sulfide) groups is 1. The van der Waals surface area contributed by atoms with E-state index in [1.165, 1.54) is 11.0 Å². The molecule has 0 aliphatic heterocycles. The third kappa shape index (κ3) is 3.89. The second-order valence-electron chi connectivity index (χ2n) is 4.58. The zero-order valence-electron chi connectivity index (χ0n) is 11.7. The van der Waals surface area contributed by atoms with Gasteiger partial charge in [0.1, 0.15) is 5.02 Å². The number of halogens is 1. The summed E-state index contributed by atoms with van der Waals surface area (Å²) in [6, 6.07) is 11.3. The van der Waals surface area contributed by atoms with Crippen molar-refractivity contribution in [2.75, 3.05) is 11.6 Å². The molecule has 6 heteroatoms. The van der Waals surface area contributed by atoms with Gasteiger partial charge < -0.3 is 5.32 Å². The third-order valence-electron chi connectivity index (χ3n) is 3.13. The first-order valence-electron chi connectivity index (χ1n) is 6.32. The molecule has 2 rings (SSSR count). The predicted octanol–water partition coefficient (Wildman–Crippen LogP) is 4.89. The maximum absolute atomic E-state index is 10.8. The van der Waals surface area contributed by atoms with Crippen molar-refractivity contribution in [3.63, 3.8) is 0 Å². The Morgan fingerprint density at radius 3 is 2.52 bits per heavy atom. The van der Waals surface area contributed by atoms with Gasteiger partial charge in [-0.3, -0.25) is 10.1 Å². The van der Waals surface area contributed by atoms with E-state index >= 15 is 0 Å². The van der Waals surface area contributed by atoms with Gasteiger partial charge in [0.2, 0.25) is 0 Å². The van der Waals surface area contributed by atoms with Crippen molar-refractivity contribution >= 4 is 34.7 Å². The summed E-state index contributed by atoms with van der Waals surface area (Å²) in [6.45, 7) is 2.46. The molecule has 110 valence electrons. The molecule has 2 aromatic rings. The molecule has 0 amide bonds. The van der Waals surface area contributed by atoms with Crippen LogP contribution in [-0.4, -0.2) is 11.2 Å². The van der Waals surface area contributed by atoms with Crippen molar-refractivity contribution in [2.24, 2.45) is 0 Å². The smallest absolute Gasteiger partial charge is 0.288 e. The summed E-state index contributed by atoms with van der Waals surface area (Å²) in [7, 11) is 0. The van der Waals surface area contributed by atoms with Crippen molar-refractivity contribution in [1.29, 1.82) is 0 Å². The molecule has 0 fully saturated rings. The van der Waals surface area contributed by atoms with E-state index < -0.39 is 4.92 Å². The summed E-state index contributed by atoms with van der Waals surface area (Å²) in [6.07, 6.45) is 2.04. The van der Waals surface area contributed by atoms with Crippen LogP contribution < -0.4 is 5.32 Å². The van der Waals surface area contributed by atoms with E-state index in [0.29, 0.717) is 6.54 Å². The Labute approximate surface area is 132 Å². The number of benzene rings is 2. The molecule has 0 aliphatic rings. The lowest BCUT2D eigenvalue weighted by atomic mass is 10.1. The average Bonchev–Trinajstić information content (AvgIpc) is 2.48. The molecule has 0 spiro atoms. The first-order valence-corrected chi connectivity index (χ1v) is 7.93. The van der Waals surface area contributed by atoms with Crippen LogP contribution in [0.2, 0.25) is 5.02 Å². The second kappa shape index (κ2) is 6.83. The molecule has 1 N–H and O–H groups in total. The lowest BCUT2D eigenvalue weighted by molar-refractivity contribution is -0.384. The van der Waals surface area contributed by atoms with Crippen molar-refractivity contribution in [3.8, 4) is 0 Å². The Morgan fingerprint density at radius 2 is 1.95 bits per heavy atom. The summed E-state index contributed by atoms with van der Waals surface area (Å²) in [5.74, 6) is 0. The number of aryl methyl sites for hydroxylation is 1. The third-order valence-corrected chi connectivity index (χ3v) is 4.18. The van der Waals surface area contributed by atoms with Gasteiger partial charge in [0.15, 0.2) is 0 Å². The zero-order valence-corrected chi connectivity index (χ0v) is 13.3. The number of nitrogens with one attached hydrogen (secondary N) is 1. The monoisotopic (exact) mass is 322 g/mol. The molecule has 2 aromatic carbocycles. The molecule has 0 saturated heterocycles. The Kier molecular flexibility index (Phi) is 5.09. The highest BCUT2D eigenvalue weighted by Gasteiger charge is 2.14. The van der Waals surface area contributed by atoms with Gasteiger partial charge in [-0.2, -0.15) is 0 Å². The van der Waals surface area contributed by atoms with Crippen LogP contribution in [0.15, 0.2) is 41.3 Å². The molecule has 0 heterocycles. The minimum atomic E-state index is -0.472. The Morgan fingerprint density at radius 1 is 1.29 bits per heavy atom. The van der Waals surface area contributed by atoms with Crippen LogP contribution in [0.1, 0.15) is 11.1 Å². The molecule has 0 bridgehead atoms. The SMILES string of the molecule is CSc1ccc(CNc2cc(Cl)c([N+](=O)[O-])cc2C)cc1. The molecule has 0 unspecified atom stereocenters. The lowest BCUT2D eigenvalue weighted by Gasteiger charge is -2.10. The normalized spacial score (nSPS) is 10.4. The molecule has 21 heavy (non-hydrogen) atoms. The van der Waals surface area contributed by atoms with E-state index in [2.05, 4.69) is 29.6 Å². The quantitative estimate of drug-likeness (QED) is 0.483. The van der Waals surface area contributed by atoms with Crippen LogP contribution in [0.25, 0.3) is 0 Å². The first-order chi connectivity index (χ1) is 10.0. The van der Waals surface area contributed by atoms with E-state index in [0.717, 1.165) is 16.8 Å². The van der Waals surface area contributed by atoms with E-state index in [-0.39, 0.29) is 10.7 Å². The van der Waals surface area contributed by atoms with E-state index in [4.69, 9.17) is 11.6 Å². The summed E-state index contributed by atoms with van der Waals surface area (Å²) < 4.78 is 0. The van der Waals surface area contributed by atoms with E-state index in [1.54, 1.807) is 17.8 Å². The zero-order chi connectivity index (χ0) is 15.4. The number of nitrogens with zero attached hydrogens (tertiary/aromatic N) is 1. The molecule has 0 radical (unpaired) electrons. The van der Waals surface area contributed by atoms with Crippen molar-refractivity contribution in [2.45, 2.75) is 18.4 Å². The fraction of sp³-hybridized carbons (Fsp3) is 0.200. The van der Waals surface area contributed by atoms with Gasteiger partial charge in [0.05, 0.1) is 4.92 Å². The van der Waals surface area contributed by atoms with Gasteiger partial charge in [-0.15, -0.1) is 11.8 Å². The molecular formula is C15H15ClN2O2S. The van der Waals surface area contributed by atoms with Gasteiger partial charge in [0.25, 0.3) is 5.69 Å². The number of nitro groups is 1. The highest BCUT2D eigenvalue weighted by molar-refractivity contribution is 7.98. The van der Waals surface area contributed by atoms with Crippen LogP contribution in [0, 0.1) is 17.0 Å². The Bertz CT molecular complexity index is 659. The van der Waals surface area contributed by atoms with Crippen LogP contribution in [0.4, 0.5) is 11.4 Å². The number of rotatable bonds is 5. The molecule has 0 atom stereocenters. The highest BCUT2D eigenvalue weighted by Crippen LogP contribution is 2.30. The van der Waals surface area contributed by atoms with Gasteiger partial charge in [-0.1, -0.05) is 23.7 Å². The first kappa shape index (κ1) is 15.7. The summed E-state index contributed by atoms with van der Waals surface area (Å²) in [4.78, 5) is 11.6. The number of hydrogen-bond acceptors (Lipinski definition) is 4. The second-order valence-corrected chi connectivity index (χ2v) is 5.86. The van der Waals surface area contributed by atoms with E-state index in [9.17, 15) is 10.1 Å². The standard InChI is InChI=1S/C15H15ClN2O2S/c1-10-7-15(18(19)20)13(16)8-14(10)17-9-11-3-5-12(21-2)6-4-11/h3-8,17H,9H2,1-2H3. The van der Waals surface area contributed by atoms with Crippen LogP contribution in [0.3, 0.4) is 0 Å². The Balaban J connectivity index is 2.12. The average molecular weight is 323 g/mol. The summed E-state index contributed by atoms with van der Waals surface area (Å²) >= 11 is 7.63. The van der Waals surface area contributed by atoms with Crippen LogP contribution in [0.5, 0.6) is 0 Å². The van der Waals surface area contributed by atoms with Crippen molar-refractivity contribution < 1.29 is 4.92 Å². The number of nitro benzene ring substituents is 1. The highest BCUT2D eigenvalue weighted by atomic mass is 35.5. The molecule has 0 aliphatic carbocycles. The maximum Gasteiger partial charge on any atom is 0.288 e. The molecule has 4 nitrogen and oxygen atoms in total. The fourth-order valence-electron chi connectivity index (χ4n) is 1.94. The molecule has 0 saturated carbocycles. The predicted molar refractivity (Wildman–Crippen MR) is 88.4 cm³/mol. The van der Waals surface area contributed by atoms with Crippen LogP contribution >= 0.6 is 23.4 Å². The van der Waals surface area contributed by atoms with Crippen molar-refractivity contribution in [1.82, 2.24) is 0 Å². The summed E-state index contributed by atoms with van der Waals surface area (Å²) in [5.41, 5.74) is 2.68. The van der Waals surface area contributed by atoms with Gasteiger partial charge >= 0.3 is 0 Å². The van der Waals surface area contributed by atoms with Crippen LogP contribution in [-0.2, 0) is 6.54 Å². The minimum Gasteiger partial charge on any atom is -0.381 e. The number of anilines is 1. The van der Waals surface area contributed by atoms with Crippen molar-refractivity contribution in [3.05, 3.63) is 62.7 Å². The van der Waals surface area contributed by atoms with Gasteiger partial charge in [0, 0.05) is 23.2 Å².